The summed E-state index contributed by atoms with van der Waals surface area (Å²) in [4.78, 5) is 18.3. The molecule has 0 N–H and O–H groups in total. The fourth-order valence-corrected chi connectivity index (χ4v) is 2.85. The SMILES string of the molecule is CCc1cc(C)c(C(=O)N2CCOCC2c2ncn(CC(F)(F)F)n2)o1. The number of hydrogen-bond acceptors (Lipinski definition) is 5. The van der Waals surface area contributed by atoms with Crippen LogP contribution in [0, 0.1) is 6.92 Å². The number of hydrogen-bond donors (Lipinski definition) is 0. The van der Waals surface area contributed by atoms with Gasteiger partial charge >= 0.3 is 6.18 Å². The van der Waals surface area contributed by atoms with Crippen molar-refractivity contribution >= 4 is 5.91 Å². The second kappa shape index (κ2) is 7.10. The van der Waals surface area contributed by atoms with Crippen molar-refractivity contribution in [2.45, 2.75) is 39.0 Å². The molecule has 1 saturated heterocycles. The number of nitrogens with zero attached hydrogens (tertiary/aromatic N) is 4. The van der Waals surface area contributed by atoms with E-state index in [4.69, 9.17) is 9.15 Å². The van der Waals surface area contributed by atoms with E-state index in [9.17, 15) is 18.0 Å². The fraction of sp³-hybridized carbons (Fsp3) is 0.562. The molecule has 1 unspecified atom stereocenters. The van der Waals surface area contributed by atoms with Gasteiger partial charge < -0.3 is 14.1 Å². The molecule has 1 atom stereocenters. The standard InChI is InChI=1S/C16H19F3N4O3/c1-3-11-6-10(2)13(26-11)15(24)23-4-5-25-7-12(23)14-20-9-22(21-14)8-16(17,18)19/h6,9,12H,3-5,7-8H2,1-2H3. The van der Waals surface area contributed by atoms with Gasteiger partial charge in [0.1, 0.15) is 24.7 Å². The van der Waals surface area contributed by atoms with Crippen molar-refractivity contribution in [3.05, 3.63) is 35.3 Å². The predicted molar refractivity (Wildman–Crippen MR) is 83.5 cm³/mol. The molecule has 2 aromatic rings. The lowest BCUT2D eigenvalue weighted by Gasteiger charge is -2.33. The van der Waals surface area contributed by atoms with E-state index >= 15 is 0 Å². The number of ether oxygens (including phenoxy) is 1. The van der Waals surface area contributed by atoms with Gasteiger partial charge in [0.2, 0.25) is 0 Å². The fourth-order valence-electron chi connectivity index (χ4n) is 2.85. The summed E-state index contributed by atoms with van der Waals surface area (Å²) in [7, 11) is 0. The number of halogens is 3. The van der Waals surface area contributed by atoms with E-state index in [1.807, 2.05) is 6.92 Å². The largest absolute Gasteiger partial charge is 0.456 e. The average molecular weight is 372 g/mol. The van der Waals surface area contributed by atoms with Gasteiger partial charge in [-0.3, -0.25) is 4.79 Å². The van der Waals surface area contributed by atoms with E-state index in [2.05, 4.69) is 10.1 Å². The first kappa shape index (κ1) is 18.4. The van der Waals surface area contributed by atoms with Crippen LogP contribution in [-0.2, 0) is 17.7 Å². The van der Waals surface area contributed by atoms with Gasteiger partial charge in [-0.15, -0.1) is 0 Å². The molecule has 0 aromatic carbocycles. The maximum absolute atomic E-state index is 12.9. The quantitative estimate of drug-likeness (QED) is 0.825. The van der Waals surface area contributed by atoms with Crippen molar-refractivity contribution in [3.63, 3.8) is 0 Å². The summed E-state index contributed by atoms with van der Waals surface area (Å²) in [6, 6.07) is 1.14. The van der Waals surface area contributed by atoms with Crippen LogP contribution in [0.5, 0.6) is 0 Å². The normalized spacial score (nSPS) is 18.3. The lowest BCUT2D eigenvalue weighted by Crippen LogP contribution is -2.44. The molecule has 10 heteroatoms. The lowest BCUT2D eigenvalue weighted by molar-refractivity contribution is -0.142. The van der Waals surface area contributed by atoms with Gasteiger partial charge in [0.25, 0.3) is 5.91 Å². The molecule has 1 aliphatic heterocycles. The van der Waals surface area contributed by atoms with Crippen LogP contribution in [0.15, 0.2) is 16.8 Å². The minimum atomic E-state index is -4.40. The minimum Gasteiger partial charge on any atom is -0.456 e. The highest BCUT2D eigenvalue weighted by molar-refractivity contribution is 5.93. The van der Waals surface area contributed by atoms with Gasteiger partial charge in [0.15, 0.2) is 11.6 Å². The number of rotatable bonds is 4. The summed E-state index contributed by atoms with van der Waals surface area (Å²) in [5, 5.41) is 3.87. The molecule has 1 amide bonds. The van der Waals surface area contributed by atoms with Gasteiger partial charge in [-0.2, -0.15) is 18.3 Å². The van der Waals surface area contributed by atoms with Crippen LogP contribution in [0.2, 0.25) is 0 Å². The maximum atomic E-state index is 12.9. The van der Waals surface area contributed by atoms with Crippen LogP contribution in [0.25, 0.3) is 0 Å². The molecule has 0 saturated carbocycles. The molecule has 3 rings (SSSR count). The number of carbonyl (C=O) groups is 1. The molecule has 0 spiro atoms. The van der Waals surface area contributed by atoms with Gasteiger partial charge in [-0.05, 0) is 13.0 Å². The van der Waals surface area contributed by atoms with Crippen LogP contribution in [-0.4, -0.2) is 51.5 Å². The predicted octanol–water partition coefficient (Wildman–Crippen LogP) is 2.52. The summed E-state index contributed by atoms with van der Waals surface area (Å²) < 4.78 is 49.2. The van der Waals surface area contributed by atoms with Gasteiger partial charge in [0, 0.05) is 18.5 Å². The summed E-state index contributed by atoms with van der Waals surface area (Å²) in [5.41, 5.74) is 0.715. The van der Waals surface area contributed by atoms with Crippen molar-refractivity contribution in [2.75, 3.05) is 19.8 Å². The highest BCUT2D eigenvalue weighted by Crippen LogP contribution is 2.26. The van der Waals surface area contributed by atoms with Crippen molar-refractivity contribution < 1.29 is 27.1 Å². The van der Waals surface area contributed by atoms with Crippen LogP contribution < -0.4 is 0 Å². The monoisotopic (exact) mass is 372 g/mol. The molecule has 2 aromatic heterocycles. The lowest BCUT2D eigenvalue weighted by atomic mass is 10.1. The zero-order chi connectivity index (χ0) is 18.9. The molecule has 1 aliphatic rings. The van der Waals surface area contributed by atoms with Crippen molar-refractivity contribution in [1.29, 1.82) is 0 Å². The van der Waals surface area contributed by atoms with Crippen LogP contribution >= 0.6 is 0 Å². The second-order valence-corrected chi connectivity index (χ2v) is 6.08. The molecule has 7 nitrogen and oxygen atoms in total. The van der Waals surface area contributed by atoms with E-state index in [1.54, 1.807) is 13.0 Å². The molecular weight excluding hydrogens is 353 g/mol. The molecular formula is C16H19F3N4O3. The number of amides is 1. The topological polar surface area (TPSA) is 73.4 Å². The highest BCUT2D eigenvalue weighted by atomic mass is 19.4. The number of furan rings is 1. The first-order valence-electron chi connectivity index (χ1n) is 8.22. The molecule has 0 aliphatic carbocycles. The Hall–Kier alpha value is -2.36. The van der Waals surface area contributed by atoms with Gasteiger partial charge in [-0.1, -0.05) is 6.92 Å². The Morgan fingerprint density at radius 3 is 2.85 bits per heavy atom. The van der Waals surface area contributed by atoms with Crippen molar-refractivity contribution in [3.8, 4) is 0 Å². The molecule has 1 fully saturated rings. The molecule has 142 valence electrons. The minimum absolute atomic E-state index is 0.113. The van der Waals surface area contributed by atoms with Crippen molar-refractivity contribution in [1.82, 2.24) is 19.7 Å². The summed E-state index contributed by atoms with van der Waals surface area (Å²) in [6.45, 7) is 3.18. The van der Waals surface area contributed by atoms with E-state index in [-0.39, 0.29) is 30.6 Å². The Balaban J connectivity index is 1.84. The zero-order valence-corrected chi connectivity index (χ0v) is 14.4. The molecule has 0 bridgehead atoms. The third-order valence-corrected chi connectivity index (χ3v) is 4.09. The highest BCUT2D eigenvalue weighted by Gasteiger charge is 2.35. The zero-order valence-electron chi connectivity index (χ0n) is 14.4. The van der Waals surface area contributed by atoms with E-state index < -0.39 is 18.8 Å². The number of alkyl halides is 3. The maximum Gasteiger partial charge on any atom is 0.408 e. The van der Waals surface area contributed by atoms with Gasteiger partial charge in [0.05, 0.1) is 13.2 Å². The Labute approximate surface area is 147 Å². The Morgan fingerprint density at radius 1 is 1.42 bits per heavy atom. The third-order valence-electron chi connectivity index (χ3n) is 4.09. The summed E-state index contributed by atoms with van der Waals surface area (Å²) in [6.07, 6.45) is -2.73. The number of morpholine rings is 1. The third kappa shape index (κ3) is 3.90. The smallest absolute Gasteiger partial charge is 0.408 e. The Morgan fingerprint density at radius 2 is 2.19 bits per heavy atom. The van der Waals surface area contributed by atoms with Crippen LogP contribution in [0.4, 0.5) is 13.2 Å². The van der Waals surface area contributed by atoms with Crippen LogP contribution in [0.3, 0.4) is 0 Å². The number of aryl methyl sites for hydroxylation is 2. The van der Waals surface area contributed by atoms with E-state index in [1.165, 1.54) is 4.90 Å². The van der Waals surface area contributed by atoms with Gasteiger partial charge in [-0.25, -0.2) is 9.67 Å². The number of carbonyl (C=O) groups excluding carboxylic acids is 1. The summed E-state index contributed by atoms with van der Waals surface area (Å²) in [5.74, 6) is 0.691. The average Bonchev–Trinajstić information content (AvgIpc) is 3.19. The number of aromatic nitrogens is 3. The van der Waals surface area contributed by atoms with E-state index in [0.717, 1.165) is 6.33 Å². The first-order valence-corrected chi connectivity index (χ1v) is 8.22. The molecule has 26 heavy (non-hydrogen) atoms. The Kier molecular flexibility index (Phi) is 5.03. The summed E-state index contributed by atoms with van der Waals surface area (Å²) >= 11 is 0. The Bertz CT molecular complexity index is 784. The molecule has 3 heterocycles. The molecule has 0 radical (unpaired) electrons. The van der Waals surface area contributed by atoms with Crippen LogP contribution in [0.1, 0.15) is 40.7 Å². The first-order chi connectivity index (χ1) is 12.3. The second-order valence-electron chi connectivity index (χ2n) is 6.08. The van der Waals surface area contributed by atoms with E-state index in [0.29, 0.717) is 29.0 Å². The van der Waals surface area contributed by atoms with Crippen molar-refractivity contribution in [2.24, 2.45) is 0 Å².